The molecule has 0 aliphatic carbocycles. The van der Waals surface area contributed by atoms with E-state index in [1.165, 1.54) is 4.90 Å². The van der Waals surface area contributed by atoms with Gasteiger partial charge in [-0.2, -0.15) is 0 Å². The first kappa shape index (κ1) is 10.1. The van der Waals surface area contributed by atoms with Crippen LogP contribution in [0.3, 0.4) is 0 Å². The normalized spacial score (nSPS) is 11.4. The lowest BCUT2D eigenvalue weighted by atomic mass is 10.1. The molecule has 1 heterocycles. The maximum absolute atomic E-state index is 6.10. The third kappa shape index (κ3) is 1.41. The van der Waals surface area contributed by atoms with Gasteiger partial charge in [0.05, 0.1) is 5.02 Å². The second-order valence-corrected chi connectivity index (χ2v) is 4.87. The average Bonchev–Trinajstić information content (AvgIpc) is 2.68. The minimum Gasteiger partial charge on any atom is -0.454 e. The van der Waals surface area contributed by atoms with Gasteiger partial charge in [-0.1, -0.05) is 23.7 Å². The van der Waals surface area contributed by atoms with E-state index in [9.17, 15) is 0 Å². The standard InChI is InChI=1S/C13H9ClOS/c1-16-8-5-6-12-10(7-8)9-3-2-4-11(14)13(9)15-12/h2-7H,1H3. The monoisotopic (exact) mass is 248 g/mol. The summed E-state index contributed by atoms with van der Waals surface area (Å²) in [6.45, 7) is 0. The number of fused-ring (bicyclic) bond motifs is 3. The molecule has 1 aromatic heterocycles. The zero-order chi connectivity index (χ0) is 11.1. The number of halogens is 1. The lowest BCUT2D eigenvalue weighted by molar-refractivity contribution is 0.669. The summed E-state index contributed by atoms with van der Waals surface area (Å²) in [6.07, 6.45) is 2.07. The first-order valence-corrected chi connectivity index (χ1v) is 6.54. The van der Waals surface area contributed by atoms with Crippen LogP contribution in [0.15, 0.2) is 45.7 Å². The second kappa shape index (κ2) is 3.72. The van der Waals surface area contributed by atoms with Gasteiger partial charge < -0.3 is 4.42 Å². The number of thioether (sulfide) groups is 1. The van der Waals surface area contributed by atoms with Crippen LogP contribution in [0.5, 0.6) is 0 Å². The van der Waals surface area contributed by atoms with Crippen molar-refractivity contribution in [3.05, 3.63) is 41.4 Å². The summed E-state index contributed by atoms with van der Waals surface area (Å²) in [6, 6.07) is 12.0. The molecular formula is C13H9ClOS. The summed E-state index contributed by atoms with van der Waals surface area (Å²) in [5.41, 5.74) is 1.67. The minimum atomic E-state index is 0.666. The van der Waals surface area contributed by atoms with Crippen molar-refractivity contribution in [2.24, 2.45) is 0 Å². The van der Waals surface area contributed by atoms with Gasteiger partial charge >= 0.3 is 0 Å². The van der Waals surface area contributed by atoms with Crippen molar-refractivity contribution in [1.82, 2.24) is 0 Å². The number of rotatable bonds is 1. The average molecular weight is 249 g/mol. The van der Waals surface area contributed by atoms with E-state index < -0.39 is 0 Å². The number of hydrogen-bond donors (Lipinski definition) is 0. The molecule has 0 saturated carbocycles. The van der Waals surface area contributed by atoms with Gasteiger partial charge in [-0.15, -0.1) is 11.8 Å². The van der Waals surface area contributed by atoms with Crippen molar-refractivity contribution < 1.29 is 4.42 Å². The highest BCUT2D eigenvalue weighted by Crippen LogP contribution is 2.34. The molecule has 3 aromatic rings. The van der Waals surface area contributed by atoms with Crippen molar-refractivity contribution in [2.75, 3.05) is 6.26 Å². The van der Waals surface area contributed by atoms with Gasteiger partial charge in [0, 0.05) is 15.7 Å². The first-order chi connectivity index (χ1) is 7.79. The summed E-state index contributed by atoms with van der Waals surface area (Å²) in [7, 11) is 0. The molecule has 0 fully saturated rings. The Kier molecular flexibility index (Phi) is 2.34. The highest BCUT2D eigenvalue weighted by atomic mass is 35.5. The van der Waals surface area contributed by atoms with Crippen LogP contribution in [0, 0.1) is 0 Å². The van der Waals surface area contributed by atoms with Gasteiger partial charge in [-0.25, -0.2) is 0 Å². The molecule has 2 aromatic carbocycles. The highest BCUT2D eigenvalue weighted by Gasteiger charge is 2.09. The first-order valence-electron chi connectivity index (χ1n) is 4.94. The van der Waals surface area contributed by atoms with Gasteiger partial charge in [-0.05, 0) is 30.5 Å². The molecule has 80 valence electrons. The van der Waals surface area contributed by atoms with Crippen molar-refractivity contribution >= 4 is 45.3 Å². The molecule has 0 spiro atoms. The number of hydrogen-bond acceptors (Lipinski definition) is 2. The SMILES string of the molecule is CSc1ccc2oc3c(Cl)cccc3c2c1. The summed E-state index contributed by atoms with van der Waals surface area (Å²) in [5.74, 6) is 0. The van der Waals surface area contributed by atoms with E-state index in [0.29, 0.717) is 5.02 Å². The predicted octanol–water partition coefficient (Wildman–Crippen LogP) is 4.96. The van der Waals surface area contributed by atoms with Crippen molar-refractivity contribution in [1.29, 1.82) is 0 Å². The Morgan fingerprint density at radius 2 is 2.00 bits per heavy atom. The number of para-hydroxylation sites is 1. The lowest BCUT2D eigenvalue weighted by Gasteiger charge is -1.94. The van der Waals surface area contributed by atoms with Crippen molar-refractivity contribution in [3.8, 4) is 0 Å². The molecule has 1 nitrogen and oxygen atoms in total. The quantitative estimate of drug-likeness (QED) is 0.565. The summed E-state index contributed by atoms with van der Waals surface area (Å²) >= 11 is 7.83. The number of furan rings is 1. The Morgan fingerprint density at radius 3 is 2.81 bits per heavy atom. The molecule has 0 N–H and O–H groups in total. The third-order valence-electron chi connectivity index (χ3n) is 2.66. The van der Waals surface area contributed by atoms with Crippen LogP contribution in [0.25, 0.3) is 21.9 Å². The molecule has 0 saturated heterocycles. The van der Waals surface area contributed by atoms with Crippen molar-refractivity contribution in [3.63, 3.8) is 0 Å². The Labute approximate surface area is 102 Å². The molecule has 0 radical (unpaired) electrons. The lowest BCUT2D eigenvalue weighted by Crippen LogP contribution is -1.70. The second-order valence-electron chi connectivity index (χ2n) is 3.58. The van der Waals surface area contributed by atoms with E-state index in [2.05, 4.69) is 18.4 Å². The highest BCUT2D eigenvalue weighted by molar-refractivity contribution is 7.98. The molecule has 0 unspecified atom stereocenters. The van der Waals surface area contributed by atoms with Gasteiger partial charge in [0.25, 0.3) is 0 Å². The van der Waals surface area contributed by atoms with Gasteiger partial charge in [0.2, 0.25) is 0 Å². The van der Waals surface area contributed by atoms with E-state index >= 15 is 0 Å². The third-order valence-corrected chi connectivity index (χ3v) is 3.68. The van der Waals surface area contributed by atoms with Crippen LogP contribution in [-0.2, 0) is 0 Å². The van der Waals surface area contributed by atoms with Crippen LogP contribution in [-0.4, -0.2) is 6.26 Å². The maximum Gasteiger partial charge on any atom is 0.153 e. The largest absolute Gasteiger partial charge is 0.454 e. The smallest absolute Gasteiger partial charge is 0.153 e. The molecule has 0 aliphatic rings. The van der Waals surface area contributed by atoms with Crippen LogP contribution in [0.4, 0.5) is 0 Å². The predicted molar refractivity (Wildman–Crippen MR) is 70.5 cm³/mol. The molecular weight excluding hydrogens is 240 g/mol. The van der Waals surface area contributed by atoms with E-state index in [-0.39, 0.29) is 0 Å². The minimum absolute atomic E-state index is 0.666. The van der Waals surface area contributed by atoms with E-state index in [1.54, 1.807) is 11.8 Å². The number of benzene rings is 2. The Balaban J connectivity index is 2.47. The maximum atomic E-state index is 6.10. The summed E-state index contributed by atoms with van der Waals surface area (Å²) in [5, 5.41) is 2.88. The van der Waals surface area contributed by atoms with Crippen LogP contribution in [0.2, 0.25) is 5.02 Å². The fourth-order valence-corrected chi connectivity index (χ4v) is 2.52. The molecule has 0 atom stereocenters. The van der Waals surface area contributed by atoms with Gasteiger partial charge in [-0.3, -0.25) is 0 Å². The molecule has 3 rings (SSSR count). The van der Waals surface area contributed by atoms with E-state index in [1.807, 2.05) is 24.3 Å². The molecule has 16 heavy (non-hydrogen) atoms. The Hall–Kier alpha value is -1.12. The fraction of sp³-hybridized carbons (Fsp3) is 0.0769. The van der Waals surface area contributed by atoms with Gasteiger partial charge in [0.15, 0.2) is 5.58 Å². The van der Waals surface area contributed by atoms with E-state index in [0.717, 1.165) is 21.9 Å². The fourth-order valence-electron chi connectivity index (χ4n) is 1.87. The Morgan fingerprint density at radius 1 is 1.12 bits per heavy atom. The van der Waals surface area contributed by atoms with E-state index in [4.69, 9.17) is 16.0 Å². The zero-order valence-corrected chi connectivity index (χ0v) is 10.2. The molecule has 3 heteroatoms. The van der Waals surface area contributed by atoms with Gasteiger partial charge in [0.1, 0.15) is 5.58 Å². The Bertz CT molecular complexity index is 672. The molecule has 0 bridgehead atoms. The van der Waals surface area contributed by atoms with Crippen molar-refractivity contribution in [2.45, 2.75) is 4.90 Å². The van der Waals surface area contributed by atoms with Crippen LogP contribution < -0.4 is 0 Å². The topological polar surface area (TPSA) is 13.1 Å². The van der Waals surface area contributed by atoms with Crippen LogP contribution >= 0.6 is 23.4 Å². The molecule has 0 aliphatic heterocycles. The molecule has 0 amide bonds. The summed E-state index contributed by atoms with van der Waals surface area (Å²) < 4.78 is 5.74. The van der Waals surface area contributed by atoms with Crippen LogP contribution in [0.1, 0.15) is 0 Å². The summed E-state index contributed by atoms with van der Waals surface area (Å²) in [4.78, 5) is 1.23. The zero-order valence-electron chi connectivity index (χ0n) is 8.66.